The number of halogens is 3. The van der Waals surface area contributed by atoms with Gasteiger partial charge in [0.2, 0.25) is 0 Å². The lowest BCUT2D eigenvalue weighted by Crippen LogP contribution is -2.36. The fourth-order valence-corrected chi connectivity index (χ4v) is 3.17. The van der Waals surface area contributed by atoms with Crippen molar-refractivity contribution < 1.29 is 18.0 Å². The number of nitrogens with zero attached hydrogens (tertiary/aromatic N) is 3. The highest BCUT2D eigenvalue weighted by Crippen LogP contribution is 2.45. The summed E-state index contributed by atoms with van der Waals surface area (Å²) >= 11 is 0. The number of aromatic nitrogens is 4. The molecule has 0 unspecified atom stereocenters. The van der Waals surface area contributed by atoms with E-state index in [1.807, 2.05) is 0 Å². The second-order valence-electron chi connectivity index (χ2n) is 7.08. The van der Waals surface area contributed by atoms with Gasteiger partial charge >= 0.3 is 6.18 Å². The van der Waals surface area contributed by atoms with Crippen LogP contribution in [-0.4, -0.2) is 32.0 Å². The van der Waals surface area contributed by atoms with E-state index >= 15 is 0 Å². The number of nitrogens with one attached hydrogen (secondary N) is 2. The van der Waals surface area contributed by atoms with Crippen molar-refractivity contribution >= 4 is 5.91 Å². The number of alkyl halides is 3. The number of H-pyrrole nitrogens is 1. The normalized spacial score (nSPS) is 14.9. The SMILES string of the molecule is O=C(NC1(c2ccc(CC(F)(F)F)cc2)CC1)c1cc(=O)[nH]c(-c2ncccn2)n1. The maximum absolute atomic E-state index is 12.7. The summed E-state index contributed by atoms with van der Waals surface area (Å²) in [6.07, 6.45) is -1.05. The van der Waals surface area contributed by atoms with Gasteiger partial charge in [0.25, 0.3) is 11.5 Å². The molecule has 30 heavy (non-hydrogen) atoms. The van der Waals surface area contributed by atoms with E-state index in [-0.39, 0.29) is 22.9 Å². The van der Waals surface area contributed by atoms with Crippen molar-refractivity contribution in [2.24, 2.45) is 0 Å². The molecule has 7 nitrogen and oxygen atoms in total. The molecule has 1 aromatic carbocycles. The highest BCUT2D eigenvalue weighted by molar-refractivity contribution is 5.93. The quantitative estimate of drug-likeness (QED) is 0.668. The van der Waals surface area contributed by atoms with E-state index < -0.39 is 29.6 Å². The predicted octanol–water partition coefficient (Wildman–Crippen LogP) is 2.75. The van der Waals surface area contributed by atoms with Crippen LogP contribution in [0.1, 0.15) is 34.5 Å². The monoisotopic (exact) mass is 415 g/mol. The van der Waals surface area contributed by atoms with Gasteiger partial charge in [0.15, 0.2) is 11.6 Å². The summed E-state index contributed by atoms with van der Waals surface area (Å²) in [6.45, 7) is 0. The minimum absolute atomic E-state index is 0.0644. The van der Waals surface area contributed by atoms with E-state index in [1.165, 1.54) is 24.5 Å². The average Bonchev–Trinajstić information content (AvgIpc) is 3.48. The highest BCUT2D eigenvalue weighted by atomic mass is 19.4. The number of amides is 1. The highest BCUT2D eigenvalue weighted by Gasteiger charge is 2.46. The third-order valence-corrected chi connectivity index (χ3v) is 4.77. The van der Waals surface area contributed by atoms with Gasteiger partial charge in [0.1, 0.15) is 5.69 Å². The van der Waals surface area contributed by atoms with Crippen LogP contribution < -0.4 is 10.9 Å². The Balaban J connectivity index is 1.54. The zero-order chi connectivity index (χ0) is 21.4. The lowest BCUT2D eigenvalue weighted by atomic mass is 10.0. The van der Waals surface area contributed by atoms with Crippen molar-refractivity contribution in [1.29, 1.82) is 0 Å². The molecule has 2 aromatic heterocycles. The molecule has 1 aliphatic carbocycles. The Kier molecular flexibility index (Phi) is 4.84. The Morgan fingerprint density at radius 2 is 1.80 bits per heavy atom. The van der Waals surface area contributed by atoms with Crippen LogP contribution >= 0.6 is 0 Å². The maximum atomic E-state index is 12.7. The molecule has 1 saturated carbocycles. The molecule has 1 fully saturated rings. The largest absolute Gasteiger partial charge is 0.393 e. The van der Waals surface area contributed by atoms with E-state index in [2.05, 4.69) is 25.3 Å². The number of carbonyl (C=O) groups excluding carboxylic acids is 1. The summed E-state index contributed by atoms with van der Waals surface area (Å²) in [6, 6.07) is 8.67. The van der Waals surface area contributed by atoms with Gasteiger partial charge in [-0.25, -0.2) is 15.0 Å². The Labute approximate surface area is 168 Å². The van der Waals surface area contributed by atoms with Gasteiger partial charge in [-0.2, -0.15) is 13.2 Å². The fourth-order valence-electron chi connectivity index (χ4n) is 3.17. The molecule has 2 N–H and O–H groups in total. The third-order valence-electron chi connectivity index (χ3n) is 4.77. The molecule has 2 heterocycles. The first kappa shape index (κ1) is 19.7. The molecule has 0 spiro atoms. The minimum atomic E-state index is -4.28. The van der Waals surface area contributed by atoms with Crippen LogP contribution in [0, 0.1) is 0 Å². The second kappa shape index (κ2) is 7.36. The van der Waals surface area contributed by atoms with E-state index in [0.29, 0.717) is 18.4 Å². The molecule has 3 aromatic rings. The molecule has 1 aliphatic rings. The van der Waals surface area contributed by atoms with Crippen LogP contribution in [-0.2, 0) is 12.0 Å². The van der Waals surface area contributed by atoms with Crippen LogP contribution in [0.15, 0.2) is 53.6 Å². The zero-order valence-electron chi connectivity index (χ0n) is 15.5. The Morgan fingerprint density at radius 3 is 2.40 bits per heavy atom. The van der Waals surface area contributed by atoms with Crippen molar-refractivity contribution in [3.8, 4) is 11.6 Å². The van der Waals surface area contributed by atoms with Crippen LogP contribution in [0.2, 0.25) is 0 Å². The third kappa shape index (κ3) is 4.37. The summed E-state index contributed by atoms with van der Waals surface area (Å²) in [5.41, 5.74) is -0.447. The molecule has 4 rings (SSSR count). The maximum Gasteiger partial charge on any atom is 0.393 e. The average molecular weight is 415 g/mol. The van der Waals surface area contributed by atoms with Gasteiger partial charge in [-0.15, -0.1) is 0 Å². The van der Waals surface area contributed by atoms with E-state index in [4.69, 9.17) is 0 Å². The van der Waals surface area contributed by atoms with Gasteiger partial charge in [0, 0.05) is 18.5 Å². The van der Waals surface area contributed by atoms with Gasteiger partial charge in [-0.1, -0.05) is 24.3 Å². The van der Waals surface area contributed by atoms with Crippen LogP contribution in [0.25, 0.3) is 11.6 Å². The first-order valence-corrected chi connectivity index (χ1v) is 9.12. The van der Waals surface area contributed by atoms with Gasteiger partial charge in [0.05, 0.1) is 12.0 Å². The van der Waals surface area contributed by atoms with Crippen LogP contribution in [0.3, 0.4) is 0 Å². The molecule has 10 heteroatoms. The number of benzene rings is 1. The van der Waals surface area contributed by atoms with Gasteiger partial charge in [-0.3, -0.25) is 9.59 Å². The minimum Gasteiger partial charge on any atom is -0.341 e. The van der Waals surface area contributed by atoms with E-state index in [0.717, 1.165) is 6.07 Å². The summed E-state index contributed by atoms with van der Waals surface area (Å²) in [7, 11) is 0. The standard InChI is InChI=1S/C20H16F3N5O2/c21-20(22,23)11-12-2-4-13(5-3-12)19(6-7-19)28-18(30)14-10-15(29)27-17(26-14)16-24-8-1-9-25-16/h1-5,8-10H,6-7,11H2,(H,28,30)(H,26,27,29). The topological polar surface area (TPSA) is 101 Å². The lowest BCUT2D eigenvalue weighted by Gasteiger charge is -2.18. The number of carbonyl (C=O) groups is 1. The van der Waals surface area contributed by atoms with Gasteiger partial charge < -0.3 is 10.3 Å². The summed E-state index contributed by atoms with van der Waals surface area (Å²) < 4.78 is 37.6. The summed E-state index contributed by atoms with van der Waals surface area (Å²) in [4.78, 5) is 39.4. The number of hydrogen-bond donors (Lipinski definition) is 2. The molecular formula is C20H16F3N5O2. The Bertz CT molecular complexity index is 1120. The molecule has 1 amide bonds. The molecule has 0 atom stereocenters. The van der Waals surface area contributed by atoms with Crippen molar-refractivity contribution in [3.63, 3.8) is 0 Å². The lowest BCUT2D eigenvalue weighted by molar-refractivity contribution is -0.127. The second-order valence-corrected chi connectivity index (χ2v) is 7.08. The fraction of sp³-hybridized carbons (Fsp3) is 0.250. The zero-order valence-corrected chi connectivity index (χ0v) is 15.5. The molecular weight excluding hydrogens is 399 g/mol. The Morgan fingerprint density at radius 1 is 1.13 bits per heavy atom. The molecule has 0 saturated heterocycles. The van der Waals surface area contributed by atoms with Crippen molar-refractivity contribution in [3.05, 3.63) is 76.0 Å². The van der Waals surface area contributed by atoms with Gasteiger partial charge in [-0.05, 0) is 30.0 Å². The molecule has 0 bridgehead atoms. The smallest absolute Gasteiger partial charge is 0.341 e. The summed E-state index contributed by atoms with van der Waals surface area (Å²) in [5, 5.41) is 2.86. The van der Waals surface area contributed by atoms with E-state index in [1.54, 1.807) is 18.2 Å². The van der Waals surface area contributed by atoms with Crippen molar-refractivity contribution in [2.45, 2.75) is 31.0 Å². The number of rotatable bonds is 5. The first-order valence-electron chi connectivity index (χ1n) is 9.12. The number of aromatic amines is 1. The van der Waals surface area contributed by atoms with Crippen LogP contribution in [0.4, 0.5) is 13.2 Å². The van der Waals surface area contributed by atoms with E-state index in [9.17, 15) is 22.8 Å². The molecule has 0 radical (unpaired) electrons. The molecule has 154 valence electrons. The molecule has 0 aliphatic heterocycles. The van der Waals surface area contributed by atoms with Crippen LogP contribution in [0.5, 0.6) is 0 Å². The first-order chi connectivity index (χ1) is 14.2. The number of hydrogen-bond acceptors (Lipinski definition) is 5. The van der Waals surface area contributed by atoms with Crippen molar-refractivity contribution in [2.75, 3.05) is 0 Å². The Hall–Kier alpha value is -3.56. The summed E-state index contributed by atoms with van der Waals surface area (Å²) in [5.74, 6) is -0.324. The van der Waals surface area contributed by atoms with Crippen molar-refractivity contribution in [1.82, 2.24) is 25.3 Å². The predicted molar refractivity (Wildman–Crippen MR) is 100 cm³/mol.